The third-order valence-corrected chi connectivity index (χ3v) is 4.40. The number of cyclic esters (lactones) is 1. The maximum atomic E-state index is 11.1. The van der Waals surface area contributed by atoms with Crippen molar-refractivity contribution < 1.29 is 14.3 Å². The predicted molar refractivity (Wildman–Crippen MR) is 86.4 cm³/mol. The summed E-state index contributed by atoms with van der Waals surface area (Å²) in [5, 5.41) is 0.0958. The van der Waals surface area contributed by atoms with Gasteiger partial charge in [-0.2, -0.15) is 0 Å². The Labute approximate surface area is 138 Å². The molecule has 0 aromatic carbocycles. The van der Waals surface area contributed by atoms with Crippen molar-refractivity contribution in [2.45, 2.75) is 77.4 Å². The minimum Gasteiger partial charge on any atom is -0.426 e. The molecule has 1 unspecified atom stereocenters. The predicted octanol–water partition coefficient (Wildman–Crippen LogP) is 5.50. The number of ether oxygens (including phenoxy) is 2. The van der Waals surface area contributed by atoms with Crippen LogP contribution in [0.3, 0.4) is 0 Å². The lowest BCUT2D eigenvalue weighted by Crippen LogP contribution is -2.15. The van der Waals surface area contributed by atoms with Gasteiger partial charge in [0.05, 0.1) is 6.61 Å². The summed E-state index contributed by atoms with van der Waals surface area (Å²) in [4.78, 5) is 11.1. The molecule has 0 spiro atoms. The van der Waals surface area contributed by atoms with Gasteiger partial charge in [0.1, 0.15) is 10.1 Å². The molecule has 0 aromatic rings. The largest absolute Gasteiger partial charge is 0.426 e. The van der Waals surface area contributed by atoms with E-state index in [4.69, 9.17) is 32.7 Å². The maximum absolute atomic E-state index is 11.1. The van der Waals surface area contributed by atoms with Crippen LogP contribution in [0.5, 0.6) is 0 Å². The van der Waals surface area contributed by atoms with Crippen LogP contribution in [-0.2, 0) is 14.3 Å². The highest BCUT2D eigenvalue weighted by Gasteiger charge is 2.32. The minimum atomic E-state index is -0.801. The second kappa shape index (κ2) is 11.3. The van der Waals surface area contributed by atoms with Crippen LogP contribution >= 0.6 is 23.2 Å². The van der Waals surface area contributed by atoms with E-state index in [9.17, 15) is 4.79 Å². The number of rotatable bonds is 12. The normalized spacial score (nSPS) is 18.4. The molecule has 5 heteroatoms. The molecule has 21 heavy (non-hydrogen) atoms. The van der Waals surface area contributed by atoms with Crippen molar-refractivity contribution in [3.63, 3.8) is 0 Å². The van der Waals surface area contributed by atoms with E-state index in [1.165, 1.54) is 51.4 Å². The average molecular weight is 337 g/mol. The minimum absolute atomic E-state index is 0.0651. The summed E-state index contributed by atoms with van der Waals surface area (Å²) in [6, 6.07) is 0. The van der Waals surface area contributed by atoms with E-state index in [0.717, 1.165) is 12.8 Å². The summed E-state index contributed by atoms with van der Waals surface area (Å²) in [5.74, 6) is -0.602. The Balaban J connectivity index is 1.89. The number of hydrogen-bond acceptors (Lipinski definition) is 3. The highest BCUT2D eigenvalue weighted by Crippen LogP contribution is 2.29. The van der Waals surface area contributed by atoms with Gasteiger partial charge >= 0.3 is 5.97 Å². The summed E-state index contributed by atoms with van der Waals surface area (Å²) < 4.78 is 10.3. The lowest BCUT2D eigenvalue weighted by Gasteiger charge is -2.11. The zero-order chi connectivity index (χ0) is 15.5. The van der Waals surface area contributed by atoms with Gasteiger partial charge in [-0.1, -0.05) is 87.9 Å². The lowest BCUT2D eigenvalue weighted by atomic mass is 10.1. The molecule has 122 valence electrons. The van der Waals surface area contributed by atoms with Gasteiger partial charge in [-0.3, -0.25) is 0 Å². The van der Waals surface area contributed by atoms with Gasteiger partial charge < -0.3 is 9.47 Å². The maximum Gasteiger partial charge on any atom is 0.353 e. The zero-order valence-electron chi connectivity index (χ0n) is 12.8. The molecular weight excluding hydrogens is 311 g/mol. The van der Waals surface area contributed by atoms with Crippen LogP contribution < -0.4 is 0 Å². The Morgan fingerprint density at radius 2 is 1.48 bits per heavy atom. The first-order valence-corrected chi connectivity index (χ1v) is 8.80. The van der Waals surface area contributed by atoms with Crippen LogP contribution in [-0.4, -0.2) is 18.9 Å². The van der Waals surface area contributed by atoms with Crippen LogP contribution in [0.25, 0.3) is 0 Å². The summed E-state index contributed by atoms with van der Waals surface area (Å²) in [6.07, 6.45) is 11.9. The molecule has 0 saturated heterocycles. The monoisotopic (exact) mass is 336 g/mol. The van der Waals surface area contributed by atoms with Crippen molar-refractivity contribution in [1.29, 1.82) is 0 Å². The molecule has 1 aliphatic heterocycles. The smallest absolute Gasteiger partial charge is 0.353 e. The molecule has 1 atom stereocenters. The summed E-state index contributed by atoms with van der Waals surface area (Å²) >= 11 is 11.5. The summed E-state index contributed by atoms with van der Waals surface area (Å²) in [7, 11) is 0. The van der Waals surface area contributed by atoms with Crippen LogP contribution in [0.1, 0.15) is 71.1 Å². The van der Waals surface area contributed by atoms with Gasteiger partial charge in [-0.05, 0) is 6.42 Å². The van der Waals surface area contributed by atoms with Gasteiger partial charge in [0.25, 0.3) is 0 Å². The van der Waals surface area contributed by atoms with Gasteiger partial charge in [0, 0.05) is 0 Å². The van der Waals surface area contributed by atoms with E-state index >= 15 is 0 Å². The molecule has 0 amide bonds. The third kappa shape index (κ3) is 7.53. The highest BCUT2D eigenvalue weighted by atomic mass is 35.5. The topological polar surface area (TPSA) is 35.5 Å². The van der Waals surface area contributed by atoms with Crippen molar-refractivity contribution in [3.8, 4) is 0 Å². The fraction of sp³-hybridized carbons (Fsp3) is 0.812. The fourth-order valence-corrected chi connectivity index (χ4v) is 2.61. The molecule has 1 rings (SSSR count). The Kier molecular flexibility index (Phi) is 10.1. The Bertz CT molecular complexity index is 342. The highest BCUT2D eigenvalue weighted by molar-refractivity contribution is 6.48. The van der Waals surface area contributed by atoms with Crippen molar-refractivity contribution in [2.75, 3.05) is 6.61 Å². The van der Waals surface area contributed by atoms with E-state index in [1.54, 1.807) is 0 Å². The van der Waals surface area contributed by atoms with Crippen molar-refractivity contribution in [3.05, 3.63) is 10.1 Å². The number of carbonyl (C=O) groups excluding carboxylic acids is 1. The summed E-state index contributed by atoms with van der Waals surface area (Å²) in [6.45, 7) is 2.78. The average Bonchev–Trinajstić information content (AvgIpc) is 2.72. The van der Waals surface area contributed by atoms with E-state index in [-0.39, 0.29) is 10.1 Å². The van der Waals surface area contributed by atoms with Gasteiger partial charge in [-0.15, -0.1) is 0 Å². The number of esters is 1. The lowest BCUT2D eigenvalue weighted by molar-refractivity contribution is -0.158. The number of unbranched alkanes of at least 4 members (excludes halogenated alkanes) is 9. The molecular formula is C16H26Cl2O3. The first-order valence-electron chi connectivity index (χ1n) is 8.04. The Morgan fingerprint density at radius 3 is 1.95 bits per heavy atom. The number of hydrogen-bond donors (Lipinski definition) is 0. The molecule has 1 heterocycles. The molecule has 0 aliphatic carbocycles. The Morgan fingerprint density at radius 1 is 0.952 bits per heavy atom. The number of halogens is 2. The number of carbonyl (C=O) groups is 1. The molecule has 0 aromatic heterocycles. The van der Waals surface area contributed by atoms with Crippen LogP contribution in [0.15, 0.2) is 10.1 Å². The van der Waals surface area contributed by atoms with Gasteiger partial charge in [0.15, 0.2) is 0 Å². The second-order valence-electron chi connectivity index (χ2n) is 5.45. The van der Waals surface area contributed by atoms with Crippen LogP contribution in [0.4, 0.5) is 0 Å². The van der Waals surface area contributed by atoms with E-state index in [0.29, 0.717) is 6.61 Å². The first-order chi connectivity index (χ1) is 10.2. The Hall–Kier alpha value is -0.250. The first kappa shape index (κ1) is 18.8. The van der Waals surface area contributed by atoms with Gasteiger partial charge in [-0.25, -0.2) is 4.79 Å². The molecule has 3 nitrogen and oxygen atoms in total. The SMILES string of the molecule is CCCCCCCCCCCCOC1OC(=O)C(Cl)=C1Cl. The quantitative estimate of drug-likeness (QED) is 0.349. The van der Waals surface area contributed by atoms with Crippen molar-refractivity contribution in [2.24, 2.45) is 0 Å². The third-order valence-electron chi connectivity index (χ3n) is 3.58. The standard InChI is InChI=1S/C16H26Cl2O3/c1-2-3-4-5-6-7-8-9-10-11-12-20-16-14(18)13(17)15(19)21-16/h16H,2-12H2,1H3. The zero-order valence-corrected chi connectivity index (χ0v) is 14.3. The van der Waals surface area contributed by atoms with E-state index in [2.05, 4.69) is 6.92 Å². The van der Waals surface area contributed by atoms with Crippen molar-refractivity contribution >= 4 is 29.2 Å². The van der Waals surface area contributed by atoms with Crippen molar-refractivity contribution in [1.82, 2.24) is 0 Å². The molecule has 0 saturated carbocycles. The molecule has 0 bridgehead atoms. The fourth-order valence-electron chi connectivity index (χ4n) is 2.29. The summed E-state index contributed by atoms with van der Waals surface area (Å²) in [5.41, 5.74) is 0. The molecule has 0 N–H and O–H groups in total. The van der Waals surface area contributed by atoms with Crippen LogP contribution in [0.2, 0.25) is 0 Å². The second-order valence-corrected chi connectivity index (χ2v) is 6.24. The van der Waals surface area contributed by atoms with E-state index in [1.807, 2.05) is 0 Å². The van der Waals surface area contributed by atoms with Gasteiger partial charge in [0.2, 0.25) is 6.29 Å². The molecule has 0 radical (unpaired) electrons. The van der Waals surface area contributed by atoms with E-state index < -0.39 is 12.3 Å². The van der Waals surface area contributed by atoms with Crippen LogP contribution in [0, 0.1) is 0 Å². The molecule has 0 fully saturated rings. The molecule has 1 aliphatic rings.